The van der Waals surface area contributed by atoms with Crippen molar-refractivity contribution in [3.05, 3.63) is 29.6 Å². The second-order valence-electron chi connectivity index (χ2n) is 5.54. The van der Waals surface area contributed by atoms with E-state index in [1.54, 1.807) is 12.1 Å². The van der Waals surface area contributed by atoms with Crippen LogP contribution in [0.25, 0.3) is 0 Å². The van der Waals surface area contributed by atoms with Gasteiger partial charge >= 0.3 is 0 Å². The lowest BCUT2D eigenvalue weighted by atomic mass is 9.94. The average molecular weight is 308 g/mol. The highest BCUT2D eigenvalue weighted by atomic mass is 19.1. The predicted molar refractivity (Wildman–Crippen MR) is 80.0 cm³/mol. The Kier molecular flexibility index (Phi) is 5.35. The summed E-state index contributed by atoms with van der Waals surface area (Å²) in [6, 6.07) is 4.34. The zero-order valence-electron chi connectivity index (χ0n) is 12.8. The van der Waals surface area contributed by atoms with Gasteiger partial charge in [-0.3, -0.25) is 9.59 Å². The van der Waals surface area contributed by atoms with Gasteiger partial charge in [0.2, 0.25) is 11.8 Å². The summed E-state index contributed by atoms with van der Waals surface area (Å²) >= 11 is 0. The number of piperidine rings is 1. The van der Waals surface area contributed by atoms with Gasteiger partial charge in [0.05, 0.1) is 7.11 Å². The zero-order chi connectivity index (χ0) is 16.1. The quantitative estimate of drug-likeness (QED) is 0.864. The first-order valence-corrected chi connectivity index (χ1v) is 7.41. The van der Waals surface area contributed by atoms with Crippen molar-refractivity contribution in [3.63, 3.8) is 0 Å². The summed E-state index contributed by atoms with van der Waals surface area (Å²) in [6.45, 7) is 2.58. The number of hydrogen-bond donors (Lipinski definition) is 2. The van der Waals surface area contributed by atoms with E-state index < -0.39 is 11.9 Å². The van der Waals surface area contributed by atoms with Crippen LogP contribution in [0.5, 0.6) is 5.75 Å². The Hall–Kier alpha value is -2.11. The first-order valence-electron chi connectivity index (χ1n) is 7.41. The molecule has 1 aromatic carbocycles. The van der Waals surface area contributed by atoms with Crippen molar-refractivity contribution in [2.45, 2.75) is 32.2 Å². The van der Waals surface area contributed by atoms with Crippen molar-refractivity contribution < 1.29 is 18.7 Å². The fourth-order valence-corrected chi connectivity index (χ4v) is 2.57. The number of methoxy groups -OCH3 is 1. The van der Waals surface area contributed by atoms with Gasteiger partial charge in [-0.2, -0.15) is 0 Å². The molecule has 0 radical (unpaired) electrons. The number of carbonyl (C=O) groups excluding carboxylic acids is 2. The van der Waals surface area contributed by atoms with E-state index in [0.29, 0.717) is 12.1 Å². The number of aryl methyl sites for hydroxylation is 1. The maximum atomic E-state index is 14.0. The lowest BCUT2D eigenvalue weighted by Gasteiger charge is -2.29. The second-order valence-corrected chi connectivity index (χ2v) is 5.54. The number of ether oxygens (including phenoxy) is 1. The summed E-state index contributed by atoms with van der Waals surface area (Å²) < 4.78 is 18.9. The van der Waals surface area contributed by atoms with E-state index in [1.807, 2.05) is 6.92 Å². The van der Waals surface area contributed by atoms with E-state index in [1.165, 1.54) is 13.2 Å². The highest BCUT2D eigenvalue weighted by molar-refractivity contribution is 5.88. The molecule has 120 valence electrons. The molecule has 1 heterocycles. The number of amides is 2. The molecule has 0 spiro atoms. The molecular formula is C16H21FN2O3. The summed E-state index contributed by atoms with van der Waals surface area (Å²) in [5.74, 6) is -0.582. The van der Waals surface area contributed by atoms with Gasteiger partial charge in [-0.1, -0.05) is 19.1 Å². The normalized spacial score (nSPS) is 21.1. The van der Waals surface area contributed by atoms with Gasteiger partial charge in [-0.05, 0) is 30.4 Å². The maximum Gasteiger partial charge on any atom is 0.242 e. The van der Waals surface area contributed by atoms with Gasteiger partial charge in [0.15, 0.2) is 11.6 Å². The topological polar surface area (TPSA) is 67.4 Å². The van der Waals surface area contributed by atoms with Gasteiger partial charge in [-0.15, -0.1) is 0 Å². The standard InChI is InChI=1S/C16H21FN2O3/c1-10-8-9-18-16(21)15(10)19-13(20)7-6-11-4-3-5-12(22-2)14(11)17/h3-5,10,15H,6-9H2,1-2H3,(H,18,21)(H,19,20). The van der Waals surface area contributed by atoms with Crippen LogP contribution in [0.2, 0.25) is 0 Å². The van der Waals surface area contributed by atoms with Crippen LogP contribution in [0.3, 0.4) is 0 Å². The highest BCUT2D eigenvalue weighted by Gasteiger charge is 2.29. The van der Waals surface area contributed by atoms with Crippen LogP contribution in [-0.2, 0) is 16.0 Å². The minimum absolute atomic E-state index is 0.103. The van der Waals surface area contributed by atoms with Crippen molar-refractivity contribution in [1.82, 2.24) is 10.6 Å². The molecule has 6 heteroatoms. The first-order chi connectivity index (χ1) is 10.5. The van der Waals surface area contributed by atoms with Crippen molar-refractivity contribution in [1.29, 1.82) is 0 Å². The number of nitrogens with one attached hydrogen (secondary N) is 2. The highest BCUT2D eigenvalue weighted by Crippen LogP contribution is 2.21. The van der Waals surface area contributed by atoms with E-state index in [4.69, 9.17) is 4.74 Å². The Morgan fingerprint density at radius 1 is 1.50 bits per heavy atom. The Morgan fingerprint density at radius 3 is 2.95 bits per heavy atom. The smallest absolute Gasteiger partial charge is 0.242 e. The molecule has 1 aliphatic heterocycles. The zero-order valence-corrected chi connectivity index (χ0v) is 12.8. The van der Waals surface area contributed by atoms with Gasteiger partial charge < -0.3 is 15.4 Å². The molecule has 5 nitrogen and oxygen atoms in total. The third kappa shape index (κ3) is 3.75. The fourth-order valence-electron chi connectivity index (χ4n) is 2.57. The van der Waals surface area contributed by atoms with E-state index in [-0.39, 0.29) is 36.3 Å². The monoisotopic (exact) mass is 308 g/mol. The number of rotatable bonds is 5. The SMILES string of the molecule is COc1cccc(CCC(=O)NC2C(=O)NCCC2C)c1F. The van der Waals surface area contributed by atoms with Crippen LogP contribution in [0.15, 0.2) is 18.2 Å². The molecule has 1 aliphatic rings. The van der Waals surface area contributed by atoms with Crippen molar-refractivity contribution in [3.8, 4) is 5.75 Å². The van der Waals surface area contributed by atoms with Crippen molar-refractivity contribution in [2.75, 3.05) is 13.7 Å². The number of benzene rings is 1. The molecule has 1 saturated heterocycles. The van der Waals surface area contributed by atoms with Crippen LogP contribution in [0.4, 0.5) is 4.39 Å². The largest absolute Gasteiger partial charge is 0.494 e. The molecule has 2 unspecified atom stereocenters. The van der Waals surface area contributed by atoms with Crippen LogP contribution in [0, 0.1) is 11.7 Å². The molecule has 0 aromatic heterocycles. The van der Waals surface area contributed by atoms with Crippen molar-refractivity contribution >= 4 is 11.8 Å². The molecule has 0 saturated carbocycles. The van der Waals surface area contributed by atoms with Crippen molar-refractivity contribution in [2.24, 2.45) is 5.92 Å². The summed E-state index contributed by atoms with van der Waals surface area (Å²) in [7, 11) is 1.40. The Labute approximate surface area is 129 Å². The van der Waals surface area contributed by atoms with E-state index in [9.17, 15) is 14.0 Å². The maximum absolute atomic E-state index is 14.0. The molecule has 1 fully saturated rings. The van der Waals surface area contributed by atoms with E-state index >= 15 is 0 Å². The van der Waals surface area contributed by atoms with Gasteiger partial charge in [0, 0.05) is 13.0 Å². The summed E-state index contributed by atoms with van der Waals surface area (Å²) in [4.78, 5) is 23.7. The Balaban J connectivity index is 1.91. The molecular weight excluding hydrogens is 287 g/mol. The second kappa shape index (κ2) is 7.24. The third-order valence-corrected chi connectivity index (χ3v) is 3.95. The summed E-state index contributed by atoms with van der Waals surface area (Å²) in [5.41, 5.74) is 0.427. The third-order valence-electron chi connectivity index (χ3n) is 3.95. The minimum Gasteiger partial charge on any atom is -0.494 e. The molecule has 2 rings (SSSR count). The molecule has 2 N–H and O–H groups in total. The molecule has 22 heavy (non-hydrogen) atoms. The number of hydrogen-bond acceptors (Lipinski definition) is 3. The number of carbonyl (C=O) groups is 2. The van der Waals surface area contributed by atoms with Crippen LogP contribution in [-0.4, -0.2) is 31.5 Å². The van der Waals surface area contributed by atoms with Gasteiger partial charge in [0.25, 0.3) is 0 Å². The minimum atomic E-state index is -0.503. The molecule has 2 amide bonds. The van der Waals surface area contributed by atoms with Crippen LogP contribution >= 0.6 is 0 Å². The van der Waals surface area contributed by atoms with Gasteiger partial charge in [0.1, 0.15) is 6.04 Å². The van der Waals surface area contributed by atoms with Crippen LogP contribution < -0.4 is 15.4 Å². The van der Waals surface area contributed by atoms with E-state index in [0.717, 1.165) is 6.42 Å². The van der Waals surface area contributed by atoms with Gasteiger partial charge in [-0.25, -0.2) is 4.39 Å². The Bertz CT molecular complexity index is 562. The fraction of sp³-hybridized carbons (Fsp3) is 0.500. The lowest BCUT2D eigenvalue weighted by Crippen LogP contribution is -2.54. The molecule has 1 aromatic rings. The Morgan fingerprint density at radius 2 is 2.27 bits per heavy atom. The molecule has 2 atom stereocenters. The molecule has 0 bridgehead atoms. The van der Waals surface area contributed by atoms with E-state index in [2.05, 4.69) is 10.6 Å². The average Bonchev–Trinajstić information content (AvgIpc) is 2.50. The first kappa shape index (κ1) is 16.3. The lowest BCUT2D eigenvalue weighted by molar-refractivity contribution is -0.131. The molecule has 0 aliphatic carbocycles. The summed E-state index contributed by atoms with van der Waals surface area (Å²) in [6.07, 6.45) is 1.22. The van der Waals surface area contributed by atoms with Crippen LogP contribution in [0.1, 0.15) is 25.3 Å². The predicted octanol–water partition coefficient (Wildman–Crippen LogP) is 1.41. The summed E-state index contributed by atoms with van der Waals surface area (Å²) in [5, 5.41) is 5.47. The number of halogens is 1.